The van der Waals surface area contributed by atoms with Crippen LogP contribution in [0.15, 0.2) is 11.1 Å². The standard InChI is InChI=1S/C13H23NO4/c1-9(2)8-18-7-5-6-14-12(15)10(3)11(4)13(16)17/h9H,5-8H2,1-4H3,(H,14,15)(H,16,17). The van der Waals surface area contributed by atoms with Gasteiger partial charge in [0.1, 0.15) is 0 Å². The molecule has 0 aromatic rings. The van der Waals surface area contributed by atoms with Gasteiger partial charge in [-0.05, 0) is 26.2 Å². The van der Waals surface area contributed by atoms with Crippen molar-refractivity contribution in [1.29, 1.82) is 0 Å². The summed E-state index contributed by atoms with van der Waals surface area (Å²) in [5.41, 5.74) is 0.314. The van der Waals surface area contributed by atoms with Crippen molar-refractivity contribution < 1.29 is 19.4 Å². The molecule has 5 heteroatoms. The lowest BCUT2D eigenvalue weighted by Gasteiger charge is -2.08. The molecule has 0 rings (SSSR count). The Morgan fingerprint density at radius 2 is 1.83 bits per heavy atom. The van der Waals surface area contributed by atoms with Crippen LogP contribution in [0.2, 0.25) is 0 Å². The Hall–Kier alpha value is -1.36. The zero-order valence-electron chi connectivity index (χ0n) is 11.6. The number of carbonyl (C=O) groups is 2. The predicted molar refractivity (Wildman–Crippen MR) is 69.3 cm³/mol. The number of aliphatic carboxylic acids is 1. The molecular weight excluding hydrogens is 234 g/mol. The number of nitrogens with one attached hydrogen (secondary N) is 1. The molecule has 0 heterocycles. The van der Waals surface area contributed by atoms with Crippen molar-refractivity contribution in [2.75, 3.05) is 19.8 Å². The molecule has 0 unspecified atom stereocenters. The van der Waals surface area contributed by atoms with Gasteiger partial charge in [-0.15, -0.1) is 0 Å². The van der Waals surface area contributed by atoms with Gasteiger partial charge in [-0.25, -0.2) is 4.79 Å². The molecule has 2 N–H and O–H groups in total. The van der Waals surface area contributed by atoms with E-state index >= 15 is 0 Å². The maximum absolute atomic E-state index is 11.6. The van der Waals surface area contributed by atoms with Crippen LogP contribution in [0.1, 0.15) is 34.1 Å². The summed E-state index contributed by atoms with van der Waals surface area (Å²) < 4.78 is 5.37. The van der Waals surface area contributed by atoms with Crippen molar-refractivity contribution >= 4 is 11.9 Å². The van der Waals surface area contributed by atoms with E-state index in [0.717, 1.165) is 6.42 Å². The average molecular weight is 257 g/mol. The third-order valence-corrected chi connectivity index (χ3v) is 2.43. The van der Waals surface area contributed by atoms with E-state index in [4.69, 9.17) is 9.84 Å². The maximum Gasteiger partial charge on any atom is 0.331 e. The molecule has 0 aliphatic rings. The minimum atomic E-state index is -1.07. The number of carbonyl (C=O) groups excluding carboxylic acids is 1. The van der Waals surface area contributed by atoms with Crippen LogP contribution < -0.4 is 5.32 Å². The highest BCUT2D eigenvalue weighted by Crippen LogP contribution is 2.03. The third-order valence-electron chi connectivity index (χ3n) is 2.43. The number of ether oxygens (including phenoxy) is 1. The van der Waals surface area contributed by atoms with Crippen LogP contribution in [0.3, 0.4) is 0 Å². The van der Waals surface area contributed by atoms with Crippen LogP contribution in [0.4, 0.5) is 0 Å². The normalized spacial score (nSPS) is 12.3. The minimum Gasteiger partial charge on any atom is -0.478 e. The molecule has 18 heavy (non-hydrogen) atoms. The summed E-state index contributed by atoms with van der Waals surface area (Å²) in [7, 11) is 0. The monoisotopic (exact) mass is 257 g/mol. The molecule has 0 spiro atoms. The van der Waals surface area contributed by atoms with Crippen molar-refractivity contribution in [3.05, 3.63) is 11.1 Å². The highest BCUT2D eigenvalue weighted by molar-refractivity contribution is 6.01. The Kier molecular flexibility index (Phi) is 8.03. The van der Waals surface area contributed by atoms with Crippen molar-refractivity contribution in [2.24, 2.45) is 5.92 Å². The van der Waals surface area contributed by atoms with E-state index in [1.54, 1.807) is 0 Å². The smallest absolute Gasteiger partial charge is 0.331 e. The van der Waals surface area contributed by atoms with Gasteiger partial charge in [0.2, 0.25) is 5.91 Å². The highest BCUT2D eigenvalue weighted by atomic mass is 16.5. The van der Waals surface area contributed by atoms with E-state index in [1.165, 1.54) is 13.8 Å². The summed E-state index contributed by atoms with van der Waals surface area (Å²) in [6, 6.07) is 0. The highest BCUT2D eigenvalue weighted by Gasteiger charge is 2.11. The first-order valence-electron chi connectivity index (χ1n) is 6.13. The molecule has 0 radical (unpaired) electrons. The van der Waals surface area contributed by atoms with Crippen LogP contribution in [0.25, 0.3) is 0 Å². The molecule has 0 atom stereocenters. The van der Waals surface area contributed by atoms with Gasteiger partial charge >= 0.3 is 5.97 Å². The molecule has 0 saturated carbocycles. The van der Waals surface area contributed by atoms with Crippen LogP contribution in [-0.4, -0.2) is 36.7 Å². The van der Waals surface area contributed by atoms with Gasteiger partial charge in [0.05, 0.1) is 0 Å². The Morgan fingerprint density at radius 1 is 1.22 bits per heavy atom. The number of amides is 1. The fraction of sp³-hybridized carbons (Fsp3) is 0.692. The zero-order valence-corrected chi connectivity index (χ0v) is 11.6. The fourth-order valence-electron chi connectivity index (χ4n) is 1.16. The van der Waals surface area contributed by atoms with E-state index in [-0.39, 0.29) is 17.1 Å². The van der Waals surface area contributed by atoms with E-state index in [0.29, 0.717) is 25.7 Å². The lowest BCUT2D eigenvalue weighted by molar-refractivity contribution is -0.133. The van der Waals surface area contributed by atoms with Crippen molar-refractivity contribution in [3.8, 4) is 0 Å². The van der Waals surface area contributed by atoms with Gasteiger partial charge in [-0.2, -0.15) is 0 Å². The SMILES string of the molecule is CC(C(=O)O)=C(C)C(=O)NCCCOCC(C)C. The molecule has 0 aliphatic heterocycles. The second kappa shape index (κ2) is 8.69. The first-order chi connectivity index (χ1) is 8.36. The van der Waals surface area contributed by atoms with Crippen molar-refractivity contribution in [2.45, 2.75) is 34.1 Å². The first kappa shape index (κ1) is 16.6. The number of carboxylic acids is 1. The number of carboxylic acid groups (broad SMARTS) is 1. The Bertz CT molecular complexity index is 321. The quantitative estimate of drug-likeness (QED) is 0.511. The zero-order chi connectivity index (χ0) is 14.1. The molecule has 5 nitrogen and oxygen atoms in total. The lowest BCUT2D eigenvalue weighted by atomic mass is 10.1. The molecule has 0 aliphatic carbocycles. The van der Waals surface area contributed by atoms with Crippen LogP contribution >= 0.6 is 0 Å². The topological polar surface area (TPSA) is 75.6 Å². The first-order valence-corrected chi connectivity index (χ1v) is 6.13. The average Bonchev–Trinajstić information content (AvgIpc) is 2.30. The molecule has 0 saturated heterocycles. The van der Waals surface area contributed by atoms with E-state index in [9.17, 15) is 9.59 Å². The lowest BCUT2D eigenvalue weighted by Crippen LogP contribution is -2.27. The second-order valence-electron chi connectivity index (χ2n) is 4.63. The molecule has 104 valence electrons. The summed E-state index contributed by atoms with van der Waals surface area (Å²) in [4.78, 5) is 22.2. The fourth-order valence-corrected chi connectivity index (χ4v) is 1.16. The molecule has 1 amide bonds. The summed E-state index contributed by atoms with van der Waals surface area (Å²) in [5.74, 6) is -0.898. The Balaban J connectivity index is 3.85. The molecule has 0 aromatic heterocycles. The van der Waals surface area contributed by atoms with Crippen LogP contribution in [0, 0.1) is 5.92 Å². The largest absolute Gasteiger partial charge is 0.478 e. The second-order valence-corrected chi connectivity index (χ2v) is 4.63. The maximum atomic E-state index is 11.6. The summed E-state index contributed by atoms with van der Waals surface area (Å²) in [6.07, 6.45) is 0.720. The molecule has 0 aromatic carbocycles. The van der Waals surface area contributed by atoms with Gasteiger partial charge < -0.3 is 15.2 Å². The van der Waals surface area contributed by atoms with Gasteiger partial charge in [-0.1, -0.05) is 13.8 Å². The Morgan fingerprint density at radius 3 is 2.33 bits per heavy atom. The predicted octanol–water partition coefficient (Wildman–Crippen LogP) is 1.59. The third kappa shape index (κ3) is 7.06. The summed E-state index contributed by atoms with van der Waals surface area (Å²) >= 11 is 0. The van der Waals surface area contributed by atoms with Gasteiger partial charge in [0, 0.05) is 30.9 Å². The van der Waals surface area contributed by atoms with Crippen LogP contribution in [-0.2, 0) is 14.3 Å². The van der Waals surface area contributed by atoms with Gasteiger partial charge in [-0.3, -0.25) is 4.79 Å². The Labute approximate surface area is 108 Å². The van der Waals surface area contributed by atoms with Gasteiger partial charge in [0.15, 0.2) is 0 Å². The minimum absolute atomic E-state index is 0.0727. The molecule has 0 fully saturated rings. The molecule has 0 bridgehead atoms. The number of rotatable bonds is 8. The molecular formula is C13H23NO4. The number of hydrogen-bond donors (Lipinski definition) is 2. The van der Waals surface area contributed by atoms with Crippen molar-refractivity contribution in [1.82, 2.24) is 5.32 Å². The van der Waals surface area contributed by atoms with E-state index < -0.39 is 5.97 Å². The summed E-state index contributed by atoms with van der Waals surface area (Å²) in [6.45, 7) is 8.87. The van der Waals surface area contributed by atoms with E-state index in [2.05, 4.69) is 19.2 Å². The van der Waals surface area contributed by atoms with Crippen molar-refractivity contribution in [3.63, 3.8) is 0 Å². The van der Waals surface area contributed by atoms with E-state index in [1.807, 2.05) is 0 Å². The van der Waals surface area contributed by atoms with Gasteiger partial charge in [0.25, 0.3) is 0 Å². The number of hydrogen-bond acceptors (Lipinski definition) is 3. The van der Waals surface area contributed by atoms with Crippen LogP contribution in [0.5, 0.6) is 0 Å². The summed E-state index contributed by atoms with van der Waals surface area (Å²) in [5, 5.41) is 11.4.